The molecule has 0 aromatic heterocycles. The first-order valence-electron chi connectivity index (χ1n) is 10.6. The fourth-order valence-electron chi connectivity index (χ4n) is 4.06. The van der Waals surface area contributed by atoms with Crippen molar-refractivity contribution in [3.8, 4) is 0 Å². The van der Waals surface area contributed by atoms with E-state index in [-0.39, 0.29) is 0 Å². The van der Waals surface area contributed by atoms with Crippen LogP contribution in [0.2, 0.25) is 0 Å². The maximum atomic E-state index is 10.6. The van der Waals surface area contributed by atoms with Gasteiger partial charge in [0.05, 0.1) is 19.8 Å². The van der Waals surface area contributed by atoms with Crippen molar-refractivity contribution in [2.45, 2.75) is 91.3 Å². The van der Waals surface area contributed by atoms with Crippen molar-refractivity contribution in [2.75, 3.05) is 19.8 Å². The van der Waals surface area contributed by atoms with Gasteiger partial charge in [-0.15, -0.1) is 12.6 Å². The third-order valence-electron chi connectivity index (χ3n) is 6.09. The predicted octanol–water partition coefficient (Wildman–Crippen LogP) is -6.64. The molecule has 10 N–H and O–H groups in total. The topological polar surface area (TPSA) is 248 Å². The Morgan fingerprint density at radius 2 is 0.912 bits per heavy atom. The molecule has 3 saturated heterocycles. The standard InChI is InChI=1S/C18H32O15S/c19-1-4-7(22)8(23)11(26)16(29-4)32-14-5(2-20)30-17(12(27)9(14)24)33-15-6(3-21)31-18(34)13(28)10(15)25/h4-28,34H,1-3H2. The number of rotatable bonds is 7. The molecule has 3 rings (SSSR count). The van der Waals surface area contributed by atoms with Crippen molar-refractivity contribution in [1.29, 1.82) is 0 Å². The minimum Gasteiger partial charge on any atom is -0.394 e. The Morgan fingerprint density at radius 3 is 1.41 bits per heavy atom. The number of thiol groups is 1. The van der Waals surface area contributed by atoms with Crippen LogP contribution in [0.4, 0.5) is 0 Å². The van der Waals surface area contributed by atoms with E-state index in [4.69, 9.17) is 23.7 Å². The van der Waals surface area contributed by atoms with Crippen LogP contribution >= 0.6 is 12.6 Å². The van der Waals surface area contributed by atoms with Crippen LogP contribution in [0.15, 0.2) is 0 Å². The Hall–Kier alpha value is -0.250. The summed E-state index contributed by atoms with van der Waals surface area (Å²) in [6.45, 7) is -2.17. The summed E-state index contributed by atoms with van der Waals surface area (Å²) < 4.78 is 26.9. The molecular weight excluding hydrogens is 488 g/mol. The van der Waals surface area contributed by atoms with Gasteiger partial charge in [-0.05, 0) is 0 Å². The molecule has 0 radical (unpaired) electrons. The predicted molar refractivity (Wildman–Crippen MR) is 108 cm³/mol. The Balaban J connectivity index is 1.72. The zero-order valence-corrected chi connectivity index (χ0v) is 18.6. The van der Waals surface area contributed by atoms with Gasteiger partial charge in [0.25, 0.3) is 0 Å². The minimum absolute atomic E-state index is 0.650. The molecule has 34 heavy (non-hydrogen) atoms. The molecule has 15 atom stereocenters. The molecule has 0 amide bonds. The number of aliphatic hydroxyl groups is 10. The average Bonchev–Trinajstić information content (AvgIpc) is 2.83. The van der Waals surface area contributed by atoms with E-state index in [1.54, 1.807) is 0 Å². The summed E-state index contributed by atoms with van der Waals surface area (Å²) in [5.74, 6) is 0. The number of aliphatic hydroxyl groups excluding tert-OH is 10. The van der Waals surface area contributed by atoms with Crippen molar-refractivity contribution in [3.05, 3.63) is 0 Å². The number of hydrogen-bond donors (Lipinski definition) is 11. The van der Waals surface area contributed by atoms with Gasteiger partial charge in [-0.3, -0.25) is 0 Å². The molecule has 3 fully saturated rings. The van der Waals surface area contributed by atoms with Crippen molar-refractivity contribution < 1.29 is 74.7 Å². The summed E-state index contributed by atoms with van der Waals surface area (Å²) in [5, 5.41) is 100.0. The third kappa shape index (κ3) is 5.52. The fourth-order valence-corrected chi connectivity index (χ4v) is 4.39. The molecule has 15 unspecified atom stereocenters. The summed E-state index contributed by atoms with van der Waals surface area (Å²) in [6.07, 6.45) is -22.3. The summed E-state index contributed by atoms with van der Waals surface area (Å²) in [5.41, 5.74) is -1.13. The maximum Gasteiger partial charge on any atom is 0.187 e. The molecule has 200 valence electrons. The van der Waals surface area contributed by atoms with E-state index < -0.39 is 111 Å². The van der Waals surface area contributed by atoms with Crippen molar-refractivity contribution >= 4 is 12.6 Å². The Kier molecular flexibility index (Phi) is 9.88. The van der Waals surface area contributed by atoms with Crippen LogP contribution in [0.1, 0.15) is 0 Å². The Labute approximate surface area is 199 Å². The van der Waals surface area contributed by atoms with Gasteiger partial charge < -0.3 is 74.7 Å². The lowest BCUT2D eigenvalue weighted by Crippen LogP contribution is -2.66. The van der Waals surface area contributed by atoms with E-state index in [2.05, 4.69) is 12.6 Å². The van der Waals surface area contributed by atoms with Gasteiger partial charge in [0.15, 0.2) is 12.6 Å². The van der Waals surface area contributed by atoms with Crippen LogP contribution in [-0.4, -0.2) is 162 Å². The first kappa shape index (κ1) is 28.3. The molecule has 3 aliphatic heterocycles. The number of ether oxygens (including phenoxy) is 5. The van der Waals surface area contributed by atoms with Gasteiger partial charge in [-0.2, -0.15) is 0 Å². The molecule has 3 aliphatic rings. The first-order chi connectivity index (χ1) is 16.0. The van der Waals surface area contributed by atoms with Crippen LogP contribution in [0.25, 0.3) is 0 Å². The van der Waals surface area contributed by atoms with Crippen LogP contribution < -0.4 is 0 Å². The molecule has 0 aromatic carbocycles. The zero-order valence-electron chi connectivity index (χ0n) is 17.7. The quantitative estimate of drug-likeness (QED) is 0.140. The third-order valence-corrected chi connectivity index (χ3v) is 6.52. The van der Waals surface area contributed by atoms with Crippen LogP contribution in [0, 0.1) is 0 Å². The first-order valence-corrected chi connectivity index (χ1v) is 11.1. The molecule has 0 aromatic rings. The Bertz CT molecular complexity index is 640. The van der Waals surface area contributed by atoms with Crippen molar-refractivity contribution in [1.82, 2.24) is 0 Å². The van der Waals surface area contributed by atoms with Crippen molar-refractivity contribution in [3.63, 3.8) is 0 Å². The van der Waals surface area contributed by atoms with Gasteiger partial charge in [-0.25, -0.2) is 0 Å². The average molecular weight is 521 g/mol. The van der Waals surface area contributed by atoms with Gasteiger partial charge in [0.2, 0.25) is 0 Å². The smallest absolute Gasteiger partial charge is 0.187 e. The second-order valence-corrected chi connectivity index (χ2v) is 8.84. The SMILES string of the molecule is OCC1OC(OC2C(CO)OC(OC3C(CO)OC(S)C(O)C3O)C(O)C2O)C(O)C(O)C1O. The van der Waals surface area contributed by atoms with E-state index in [9.17, 15) is 51.1 Å². The van der Waals surface area contributed by atoms with Crippen molar-refractivity contribution in [2.24, 2.45) is 0 Å². The van der Waals surface area contributed by atoms with E-state index in [1.807, 2.05) is 0 Å². The lowest BCUT2D eigenvalue weighted by atomic mass is 9.96. The minimum atomic E-state index is -1.87. The lowest BCUT2D eigenvalue weighted by Gasteiger charge is -2.47. The van der Waals surface area contributed by atoms with Gasteiger partial charge in [-0.1, -0.05) is 0 Å². The van der Waals surface area contributed by atoms with E-state index in [1.165, 1.54) is 0 Å². The van der Waals surface area contributed by atoms with E-state index in [0.717, 1.165) is 0 Å². The normalized spacial score (nSPS) is 52.5. The van der Waals surface area contributed by atoms with Crippen LogP contribution in [0.3, 0.4) is 0 Å². The zero-order chi connectivity index (χ0) is 25.3. The molecule has 16 heteroatoms. The summed E-state index contributed by atoms with van der Waals surface area (Å²) in [4.78, 5) is 0. The fraction of sp³-hybridized carbons (Fsp3) is 1.00. The van der Waals surface area contributed by atoms with Gasteiger partial charge >= 0.3 is 0 Å². The highest BCUT2D eigenvalue weighted by Gasteiger charge is 2.53. The Morgan fingerprint density at radius 1 is 0.500 bits per heavy atom. The molecule has 3 heterocycles. The second kappa shape index (κ2) is 11.9. The molecule has 15 nitrogen and oxygen atoms in total. The van der Waals surface area contributed by atoms with Crippen LogP contribution in [-0.2, 0) is 23.7 Å². The second-order valence-electron chi connectivity index (χ2n) is 8.33. The maximum absolute atomic E-state index is 10.6. The highest BCUT2D eigenvalue weighted by atomic mass is 32.1. The molecule has 0 bridgehead atoms. The van der Waals surface area contributed by atoms with Crippen LogP contribution in [0.5, 0.6) is 0 Å². The molecule has 0 spiro atoms. The molecular formula is C18H32O15S. The summed E-state index contributed by atoms with van der Waals surface area (Å²) in [7, 11) is 0. The highest BCUT2D eigenvalue weighted by molar-refractivity contribution is 7.80. The summed E-state index contributed by atoms with van der Waals surface area (Å²) >= 11 is 3.95. The highest BCUT2D eigenvalue weighted by Crippen LogP contribution is 2.32. The van der Waals surface area contributed by atoms with E-state index >= 15 is 0 Å². The largest absolute Gasteiger partial charge is 0.394 e. The molecule has 0 aliphatic carbocycles. The van der Waals surface area contributed by atoms with Gasteiger partial charge in [0, 0.05) is 0 Å². The summed E-state index contributed by atoms with van der Waals surface area (Å²) in [6, 6.07) is 0. The van der Waals surface area contributed by atoms with E-state index in [0.29, 0.717) is 0 Å². The molecule has 0 saturated carbocycles. The monoisotopic (exact) mass is 520 g/mol. The van der Waals surface area contributed by atoms with Gasteiger partial charge in [0.1, 0.15) is 78.7 Å². The number of hydrogen-bond acceptors (Lipinski definition) is 16. The lowest BCUT2D eigenvalue weighted by molar-refractivity contribution is -0.371.